The molecule has 188 valence electrons. The van der Waals surface area contributed by atoms with Crippen molar-refractivity contribution in [2.24, 2.45) is 0 Å². The third-order valence-electron chi connectivity index (χ3n) is 6.34. The van der Waals surface area contributed by atoms with Gasteiger partial charge in [0.2, 0.25) is 0 Å². The molecule has 3 rings (SSSR count). The quantitative estimate of drug-likeness (QED) is 0.225. The molecule has 2 aromatic carbocycles. The maximum Gasteiger partial charge on any atom is 0.142 e. The number of pyridine rings is 1. The summed E-state index contributed by atoms with van der Waals surface area (Å²) < 4.78 is 12.0. The van der Waals surface area contributed by atoms with Gasteiger partial charge in [0, 0.05) is 24.3 Å². The number of hydrogen-bond donors (Lipinski definition) is 1. The van der Waals surface area contributed by atoms with E-state index in [-0.39, 0.29) is 0 Å². The van der Waals surface area contributed by atoms with Crippen LogP contribution in [0.5, 0.6) is 17.2 Å². The van der Waals surface area contributed by atoms with Gasteiger partial charge in [-0.1, -0.05) is 82.7 Å². The van der Waals surface area contributed by atoms with E-state index in [1.807, 2.05) is 49.4 Å². The number of aromatic nitrogens is 1. The maximum absolute atomic E-state index is 10.9. The molecule has 1 heterocycles. The fourth-order valence-corrected chi connectivity index (χ4v) is 4.28. The summed E-state index contributed by atoms with van der Waals surface area (Å²) in [5.41, 5.74) is 4.77. The lowest BCUT2D eigenvalue weighted by Gasteiger charge is -2.17. The number of aromatic hydroxyl groups is 1. The van der Waals surface area contributed by atoms with Crippen molar-refractivity contribution in [1.82, 2.24) is 4.98 Å². The van der Waals surface area contributed by atoms with E-state index in [2.05, 4.69) is 26.0 Å². The van der Waals surface area contributed by atoms with Crippen molar-refractivity contribution in [3.8, 4) is 17.2 Å². The van der Waals surface area contributed by atoms with Crippen LogP contribution < -0.4 is 4.74 Å². The molecule has 4 nitrogen and oxygen atoms in total. The molecule has 0 aliphatic carbocycles. The van der Waals surface area contributed by atoms with Crippen LogP contribution in [0.15, 0.2) is 54.6 Å². The summed E-state index contributed by atoms with van der Waals surface area (Å²) in [7, 11) is 0. The van der Waals surface area contributed by atoms with Gasteiger partial charge < -0.3 is 14.6 Å². The van der Waals surface area contributed by atoms with Crippen molar-refractivity contribution < 1.29 is 14.6 Å². The van der Waals surface area contributed by atoms with Crippen LogP contribution in [0, 0.1) is 6.92 Å². The topological polar surface area (TPSA) is 51.6 Å². The van der Waals surface area contributed by atoms with Gasteiger partial charge in [-0.05, 0) is 55.2 Å². The van der Waals surface area contributed by atoms with Crippen LogP contribution in [0.1, 0.15) is 86.9 Å². The van der Waals surface area contributed by atoms with Crippen LogP contribution in [0.2, 0.25) is 0 Å². The first kappa shape index (κ1) is 26.7. The molecule has 0 fully saturated rings. The second kappa shape index (κ2) is 14.5. The van der Waals surface area contributed by atoms with Gasteiger partial charge in [-0.25, -0.2) is 0 Å². The number of aryl methyl sites for hydroxylation is 1. The minimum Gasteiger partial charge on any atom is -0.506 e. The minimum absolute atomic E-state index is 0.303. The second-order valence-electron chi connectivity index (χ2n) is 9.27. The van der Waals surface area contributed by atoms with E-state index < -0.39 is 0 Å². The molecule has 0 amide bonds. The normalized spacial score (nSPS) is 11.1. The van der Waals surface area contributed by atoms with E-state index in [4.69, 9.17) is 14.5 Å². The molecule has 1 N–H and O–H groups in total. The lowest BCUT2D eigenvalue weighted by Crippen LogP contribution is -2.07. The Hall–Kier alpha value is -2.85. The number of benzene rings is 2. The molecule has 0 saturated heterocycles. The highest BCUT2D eigenvalue weighted by Crippen LogP contribution is 2.30. The van der Waals surface area contributed by atoms with E-state index in [0.29, 0.717) is 18.8 Å². The highest BCUT2D eigenvalue weighted by molar-refractivity contribution is 5.46. The van der Waals surface area contributed by atoms with E-state index in [0.717, 1.165) is 65.4 Å². The lowest BCUT2D eigenvalue weighted by molar-refractivity contribution is 0.114. The first-order valence-electron chi connectivity index (χ1n) is 13.2. The predicted octanol–water partition coefficient (Wildman–Crippen LogP) is 8.31. The van der Waals surface area contributed by atoms with Crippen LogP contribution in [0.4, 0.5) is 0 Å². The molecule has 1 aromatic heterocycles. The number of hydrogen-bond acceptors (Lipinski definition) is 4. The molecule has 0 saturated carbocycles. The average Bonchev–Trinajstić information content (AvgIpc) is 2.86. The third kappa shape index (κ3) is 8.40. The molecule has 3 aromatic rings. The number of nitrogens with zero attached hydrogens (tertiary/aromatic N) is 1. The number of rotatable bonds is 15. The Morgan fingerprint density at radius 1 is 0.800 bits per heavy atom. The first-order valence-corrected chi connectivity index (χ1v) is 13.2. The van der Waals surface area contributed by atoms with Crippen LogP contribution in [0.3, 0.4) is 0 Å². The Morgan fingerprint density at radius 2 is 1.54 bits per heavy atom. The van der Waals surface area contributed by atoms with Crippen molar-refractivity contribution in [3.63, 3.8) is 0 Å². The number of para-hydroxylation sites is 1. The Labute approximate surface area is 211 Å². The molecule has 0 radical (unpaired) electrons. The van der Waals surface area contributed by atoms with Crippen molar-refractivity contribution in [2.45, 2.75) is 85.2 Å². The van der Waals surface area contributed by atoms with Crippen molar-refractivity contribution in [2.75, 3.05) is 6.61 Å². The van der Waals surface area contributed by atoms with E-state index >= 15 is 0 Å². The summed E-state index contributed by atoms with van der Waals surface area (Å²) in [6.45, 7) is 7.55. The summed E-state index contributed by atoms with van der Waals surface area (Å²) in [6.07, 6.45) is 9.80. The molecule has 0 spiro atoms. The zero-order chi connectivity index (χ0) is 24.9. The van der Waals surface area contributed by atoms with Crippen LogP contribution in [-0.4, -0.2) is 16.7 Å². The molecule has 0 atom stereocenters. The average molecular weight is 476 g/mol. The van der Waals surface area contributed by atoms with Gasteiger partial charge in [-0.2, -0.15) is 0 Å². The van der Waals surface area contributed by atoms with Crippen LogP contribution in [0.25, 0.3) is 0 Å². The van der Waals surface area contributed by atoms with Gasteiger partial charge in [0.05, 0.1) is 12.3 Å². The zero-order valence-corrected chi connectivity index (χ0v) is 21.7. The molecule has 4 heteroatoms. The molecule has 0 unspecified atom stereocenters. The van der Waals surface area contributed by atoms with E-state index in [1.165, 1.54) is 32.1 Å². The molecular formula is C31H41NO3. The van der Waals surface area contributed by atoms with Gasteiger partial charge in [-0.15, -0.1) is 0 Å². The second-order valence-corrected chi connectivity index (χ2v) is 9.27. The Morgan fingerprint density at radius 3 is 2.31 bits per heavy atom. The van der Waals surface area contributed by atoms with E-state index in [9.17, 15) is 5.11 Å². The molecule has 0 aliphatic rings. The predicted molar refractivity (Wildman–Crippen MR) is 143 cm³/mol. The van der Waals surface area contributed by atoms with Crippen molar-refractivity contribution >= 4 is 0 Å². The van der Waals surface area contributed by atoms with Gasteiger partial charge in [0.15, 0.2) is 0 Å². The van der Waals surface area contributed by atoms with Crippen LogP contribution >= 0.6 is 0 Å². The standard InChI is InChI=1S/C31H41NO3/c1-4-6-7-8-9-13-20-34-23-28-24(3)30(32-29(15-5-2)31(28)33)22-25-16-14-19-27(21-25)35-26-17-11-10-12-18-26/h10-12,14,16-19,21,33H,4-9,13,15,20,22-23H2,1-3H3. The fraction of sp³-hybridized carbons (Fsp3) is 0.452. The summed E-state index contributed by atoms with van der Waals surface area (Å²) in [5.74, 6) is 1.93. The smallest absolute Gasteiger partial charge is 0.142 e. The summed E-state index contributed by atoms with van der Waals surface area (Å²) in [6, 6.07) is 18.0. The Balaban J connectivity index is 1.70. The Bertz CT molecular complexity index is 1030. The van der Waals surface area contributed by atoms with Gasteiger partial charge in [0.1, 0.15) is 17.2 Å². The largest absolute Gasteiger partial charge is 0.506 e. The summed E-state index contributed by atoms with van der Waals surface area (Å²) in [5, 5.41) is 10.9. The summed E-state index contributed by atoms with van der Waals surface area (Å²) >= 11 is 0. The minimum atomic E-state index is 0.303. The number of ether oxygens (including phenoxy) is 2. The van der Waals surface area contributed by atoms with E-state index in [1.54, 1.807) is 0 Å². The molecule has 35 heavy (non-hydrogen) atoms. The Kier molecular flexibility index (Phi) is 11.1. The van der Waals surface area contributed by atoms with Gasteiger partial charge in [0.25, 0.3) is 0 Å². The van der Waals surface area contributed by atoms with Crippen molar-refractivity contribution in [3.05, 3.63) is 82.7 Å². The first-order chi connectivity index (χ1) is 17.1. The van der Waals surface area contributed by atoms with Crippen molar-refractivity contribution in [1.29, 1.82) is 0 Å². The monoisotopic (exact) mass is 475 g/mol. The highest BCUT2D eigenvalue weighted by atomic mass is 16.5. The lowest BCUT2D eigenvalue weighted by atomic mass is 9.99. The van der Waals surface area contributed by atoms with Crippen LogP contribution in [-0.2, 0) is 24.2 Å². The highest BCUT2D eigenvalue weighted by Gasteiger charge is 2.17. The summed E-state index contributed by atoms with van der Waals surface area (Å²) in [4.78, 5) is 4.87. The number of unbranched alkanes of at least 4 members (excludes halogenated alkanes) is 5. The van der Waals surface area contributed by atoms with Gasteiger partial charge >= 0.3 is 0 Å². The van der Waals surface area contributed by atoms with Gasteiger partial charge in [-0.3, -0.25) is 4.98 Å². The zero-order valence-electron chi connectivity index (χ0n) is 21.7. The molecule has 0 bridgehead atoms. The SMILES string of the molecule is CCCCCCCCOCc1c(C)c(Cc2cccc(Oc3ccccc3)c2)nc(CCC)c1O. The maximum atomic E-state index is 10.9. The molecular weight excluding hydrogens is 434 g/mol. The fourth-order valence-electron chi connectivity index (χ4n) is 4.28. The third-order valence-corrected chi connectivity index (χ3v) is 6.34. The molecule has 0 aliphatic heterocycles.